The average molecular weight is 423 g/mol. The van der Waals surface area contributed by atoms with Crippen molar-refractivity contribution in [2.75, 3.05) is 18.1 Å². The molecule has 10 nitrogen and oxygen atoms in total. The van der Waals surface area contributed by atoms with Gasteiger partial charge in [-0.3, -0.25) is 14.4 Å². The lowest BCUT2D eigenvalue weighted by Gasteiger charge is -2.29. The van der Waals surface area contributed by atoms with Crippen LogP contribution in [0.2, 0.25) is 0 Å². The Morgan fingerprint density at radius 1 is 1.22 bits per heavy atom. The predicted octanol–water partition coefficient (Wildman–Crippen LogP) is -2.40. The smallest absolute Gasteiger partial charge is 0.327 e. The van der Waals surface area contributed by atoms with Crippen LogP contribution in [0.3, 0.4) is 0 Å². The number of aliphatic carboxylic acids is 1. The van der Waals surface area contributed by atoms with Crippen molar-refractivity contribution < 1.29 is 29.4 Å². The van der Waals surface area contributed by atoms with Crippen LogP contribution in [0, 0.1) is 0 Å². The fourth-order valence-corrected chi connectivity index (χ4v) is 3.10. The summed E-state index contributed by atoms with van der Waals surface area (Å²) in [6.07, 6.45) is -0.303. The molecular weight excluding hydrogens is 396 g/mol. The Bertz CT molecular complexity index is 577. The summed E-state index contributed by atoms with van der Waals surface area (Å²) in [5.74, 6) is -3.21. The van der Waals surface area contributed by atoms with Gasteiger partial charge in [-0.15, -0.1) is 0 Å². The van der Waals surface area contributed by atoms with Crippen LogP contribution in [0.5, 0.6) is 0 Å². The van der Waals surface area contributed by atoms with Gasteiger partial charge in [0.05, 0.1) is 12.1 Å². The predicted molar refractivity (Wildman–Crippen MR) is 104 cm³/mol. The number of aliphatic hydroxyl groups is 1. The number of nitrogens with two attached hydrogens (primary N) is 1. The monoisotopic (exact) mass is 422 g/mol. The molecule has 0 aromatic heterocycles. The van der Waals surface area contributed by atoms with Gasteiger partial charge in [0.25, 0.3) is 0 Å². The van der Waals surface area contributed by atoms with Gasteiger partial charge in [0.15, 0.2) is 0 Å². The molecule has 12 heteroatoms. The quantitative estimate of drug-likeness (QED) is 0.204. The molecule has 1 fully saturated rings. The highest BCUT2D eigenvalue weighted by Gasteiger charge is 2.38. The lowest BCUT2D eigenvalue weighted by Crippen LogP contribution is -2.59. The van der Waals surface area contributed by atoms with Crippen molar-refractivity contribution >= 4 is 48.9 Å². The van der Waals surface area contributed by atoms with Crippen LogP contribution in [0.25, 0.3) is 0 Å². The van der Waals surface area contributed by atoms with Gasteiger partial charge in [-0.2, -0.15) is 25.3 Å². The van der Waals surface area contributed by atoms with Crippen molar-refractivity contribution in [3.63, 3.8) is 0 Å². The second-order valence-corrected chi connectivity index (χ2v) is 7.02. The molecule has 5 atom stereocenters. The van der Waals surface area contributed by atoms with Crippen molar-refractivity contribution in [3.8, 4) is 0 Å². The van der Waals surface area contributed by atoms with Gasteiger partial charge in [0.2, 0.25) is 17.7 Å². The summed E-state index contributed by atoms with van der Waals surface area (Å²) in [7, 11) is 0. The van der Waals surface area contributed by atoms with Crippen LogP contribution in [0.15, 0.2) is 0 Å². The van der Waals surface area contributed by atoms with E-state index in [0.29, 0.717) is 19.4 Å². The van der Waals surface area contributed by atoms with Crippen molar-refractivity contribution in [2.24, 2.45) is 5.73 Å². The Balaban J connectivity index is 2.84. The molecule has 1 saturated heterocycles. The lowest BCUT2D eigenvalue weighted by molar-refractivity contribution is -0.143. The van der Waals surface area contributed by atoms with E-state index in [1.54, 1.807) is 0 Å². The second-order valence-electron chi connectivity index (χ2n) is 6.29. The summed E-state index contributed by atoms with van der Waals surface area (Å²) < 4.78 is 0. The minimum atomic E-state index is -1.38. The van der Waals surface area contributed by atoms with Gasteiger partial charge in [0, 0.05) is 18.1 Å². The van der Waals surface area contributed by atoms with Crippen LogP contribution >= 0.6 is 25.3 Å². The number of carboxylic acid groups (broad SMARTS) is 1. The molecule has 1 rings (SSSR count). The van der Waals surface area contributed by atoms with Gasteiger partial charge in [0.1, 0.15) is 18.1 Å². The Kier molecular flexibility index (Phi) is 9.36. The first kappa shape index (κ1) is 23.5. The number of hydrogen-bond acceptors (Lipinski definition) is 8. The van der Waals surface area contributed by atoms with Crippen molar-refractivity contribution in [3.05, 3.63) is 0 Å². The highest BCUT2D eigenvalue weighted by Crippen LogP contribution is 2.19. The number of carbonyl (C=O) groups excluding carboxylic acids is 3. The normalized spacial score (nSPS) is 21.1. The number of hydrogen-bond donors (Lipinski definition) is 7. The molecule has 1 aliphatic heterocycles. The zero-order chi connectivity index (χ0) is 20.7. The number of likely N-dealkylation sites (tertiary alicyclic amines) is 1. The molecule has 0 radical (unpaired) electrons. The first-order chi connectivity index (χ1) is 12.6. The highest BCUT2D eigenvalue weighted by atomic mass is 32.1. The van der Waals surface area contributed by atoms with Crippen molar-refractivity contribution in [1.29, 1.82) is 0 Å². The van der Waals surface area contributed by atoms with E-state index in [-0.39, 0.29) is 11.5 Å². The topological polar surface area (TPSA) is 162 Å². The molecule has 0 aromatic carbocycles. The zero-order valence-electron chi connectivity index (χ0n) is 14.9. The third-order valence-electron chi connectivity index (χ3n) is 4.21. The number of nitrogens with one attached hydrogen (secondary N) is 2. The minimum Gasteiger partial charge on any atom is -0.480 e. The van der Waals surface area contributed by atoms with E-state index >= 15 is 0 Å². The number of rotatable bonds is 9. The number of carbonyl (C=O) groups is 4. The van der Waals surface area contributed by atoms with Gasteiger partial charge in [-0.05, 0) is 19.8 Å². The molecule has 1 heterocycles. The third kappa shape index (κ3) is 6.26. The largest absolute Gasteiger partial charge is 0.480 e. The summed E-state index contributed by atoms with van der Waals surface area (Å²) in [6.45, 7) is 1.64. The maximum Gasteiger partial charge on any atom is 0.327 e. The number of nitrogens with zero attached hydrogens (tertiary/aromatic N) is 1. The molecule has 0 aromatic rings. The molecule has 0 saturated carbocycles. The summed E-state index contributed by atoms with van der Waals surface area (Å²) >= 11 is 7.83. The van der Waals surface area contributed by atoms with Crippen LogP contribution in [0.1, 0.15) is 19.8 Å². The first-order valence-corrected chi connectivity index (χ1v) is 9.69. The molecule has 0 spiro atoms. The Morgan fingerprint density at radius 3 is 2.33 bits per heavy atom. The lowest BCUT2D eigenvalue weighted by atomic mass is 10.1. The molecule has 1 aliphatic rings. The van der Waals surface area contributed by atoms with Crippen molar-refractivity contribution in [2.45, 2.75) is 50.0 Å². The minimum absolute atomic E-state index is 0.128. The van der Waals surface area contributed by atoms with E-state index in [2.05, 4.69) is 35.9 Å². The van der Waals surface area contributed by atoms with Gasteiger partial charge < -0.3 is 31.5 Å². The molecule has 154 valence electrons. The van der Waals surface area contributed by atoms with Gasteiger partial charge in [-0.1, -0.05) is 0 Å². The van der Waals surface area contributed by atoms with E-state index < -0.39 is 54.0 Å². The Hall–Kier alpha value is -1.50. The Labute approximate surface area is 168 Å². The number of carboxylic acids is 1. The molecule has 27 heavy (non-hydrogen) atoms. The van der Waals surface area contributed by atoms with Crippen molar-refractivity contribution in [1.82, 2.24) is 15.5 Å². The first-order valence-electron chi connectivity index (χ1n) is 8.43. The standard InChI is InChI=1S/C15H26N4O6S2/c1-7(20)11(13(22)17-9(6-27)15(24)25)18-12(21)10-3-2-4-19(10)14(23)8(16)5-26/h7-11,20,26-27H,2-6,16H2,1H3,(H,17,22)(H,18,21)(H,24,25). The zero-order valence-corrected chi connectivity index (χ0v) is 16.7. The van der Waals surface area contributed by atoms with Crippen LogP contribution < -0.4 is 16.4 Å². The van der Waals surface area contributed by atoms with E-state index in [0.717, 1.165) is 0 Å². The Morgan fingerprint density at radius 2 is 1.85 bits per heavy atom. The number of aliphatic hydroxyl groups excluding tert-OH is 1. The summed E-state index contributed by atoms with van der Waals surface area (Å²) in [4.78, 5) is 49.5. The molecule has 3 amide bonds. The van der Waals surface area contributed by atoms with Crippen LogP contribution in [-0.2, 0) is 19.2 Å². The van der Waals surface area contributed by atoms with Gasteiger partial charge in [-0.25, -0.2) is 4.79 Å². The molecule has 6 N–H and O–H groups in total. The second kappa shape index (κ2) is 10.7. The number of amides is 3. The summed E-state index contributed by atoms with van der Waals surface area (Å²) in [5.41, 5.74) is 5.69. The number of thiol groups is 2. The molecule has 0 aliphatic carbocycles. The van der Waals surface area contributed by atoms with Gasteiger partial charge >= 0.3 is 5.97 Å². The summed E-state index contributed by atoms with van der Waals surface area (Å²) in [6, 6.07) is -4.31. The summed E-state index contributed by atoms with van der Waals surface area (Å²) in [5, 5.41) is 23.4. The maximum atomic E-state index is 12.6. The molecular formula is C15H26N4O6S2. The van der Waals surface area contributed by atoms with Crippen LogP contribution in [0.4, 0.5) is 0 Å². The van der Waals surface area contributed by atoms with E-state index in [9.17, 15) is 24.3 Å². The molecule has 0 bridgehead atoms. The fourth-order valence-electron chi connectivity index (χ4n) is 2.70. The van der Waals surface area contributed by atoms with E-state index in [1.165, 1.54) is 11.8 Å². The van der Waals surface area contributed by atoms with Crippen LogP contribution in [-0.4, -0.2) is 87.1 Å². The highest BCUT2D eigenvalue weighted by molar-refractivity contribution is 7.80. The third-order valence-corrected chi connectivity index (χ3v) is 4.97. The molecule has 5 unspecified atom stereocenters. The average Bonchev–Trinajstić information content (AvgIpc) is 3.11. The fraction of sp³-hybridized carbons (Fsp3) is 0.733. The van der Waals surface area contributed by atoms with E-state index in [4.69, 9.17) is 10.8 Å². The van der Waals surface area contributed by atoms with E-state index in [1.807, 2.05) is 0 Å². The maximum absolute atomic E-state index is 12.6. The SMILES string of the molecule is CC(O)C(NC(=O)C1CCCN1C(=O)C(N)CS)C(=O)NC(CS)C(=O)O.